The van der Waals surface area contributed by atoms with Crippen LogP contribution in [0.2, 0.25) is 0 Å². The van der Waals surface area contributed by atoms with Crippen LogP contribution in [-0.4, -0.2) is 58.8 Å². The molecule has 2 heterocycles. The Kier molecular flexibility index (Phi) is 8.38. The number of hydrogen-bond donors (Lipinski definition) is 5. The highest BCUT2D eigenvalue weighted by Crippen LogP contribution is 2.20. The molecule has 1 aliphatic heterocycles. The fourth-order valence-corrected chi connectivity index (χ4v) is 4.18. The van der Waals surface area contributed by atoms with Crippen LogP contribution >= 0.6 is 0 Å². The number of amides is 3. The number of aromatic nitrogens is 1. The summed E-state index contributed by atoms with van der Waals surface area (Å²) in [6.45, 7) is 3.56. The van der Waals surface area contributed by atoms with Crippen molar-refractivity contribution < 1.29 is 28.7 Å². The van der Waals surface area contributed by atoms with Gasteiger partial charge in [0.2, 0.25) is 11.8 Å². The number of benzene rings is 1. The van der Waals surface area contributed by atoms with Crippen molar-refractivity contribution in [2.75, 3.05) is 13.2 Å². The summed E-state index contributed by atoms with van der Waals surface area (Å²) in [6.07, 6.45) is 1.71. The van der Waals surface area contributed by atoms with Crippen molar-refractivity contribution >= 4 is 34.4 Å². The van der Waals surface area contributed by atoms with E-state index in [0.717, 1.165) is 6.42 Å². The van der Waals surface area contributed by atoms with Gasteiger partial charge in [0.15, 0.2) is 5.78 Å². The maximum atomic E-state index is 14.0. The molecule has 10 heteroatoms. The highest BCUT2D eigenvalue weighted by molar-refractivity contribution is 6.01. The normalized spacial score (nSPS) is 17.8. The predicted octanol–water partition coefficient (Wildman–Crippen LogP) is 1.41. The van der Waals surface area contributed by atoms with Crippen molar-refractivity contribution in [3.05, 3.63) is 35.8 Å². The van der Waals surface area contributed by atoms with Crippen molar-refractivity contribution in [3.63, 3.8) is 0 Å². The Morgan fingerprint density at radius 3 is 2.62 bits per heavy atom. The molecule has 0 spiro atoms. The number of aliphatic hydroxyl groups excluding tert-OH is 1. The van der Waals surface area contributed by atoms with E-state index in [9.17, 15) is 28.7 Å². The van der Waals surface area contributed by atoms with E-state index in [-0.39, 0.29) is 35.9 Å². The first-order chi connectivity index (χ1) is 16.2. The highest BCUT2D eigenvalue weighted by Gasteiger charge is 2.32. The standard InChI is InChI=1S/C24H31FN4O5/c1-13(2)9-18(29-24(34)19-10-14-5-3-7-16(25)21(14)27-19)23(33)28-17(20(31)12-30)11-15-6-4-8-26-22(15)32/h3,5,7,10,13,15,17-18,27,30H,4,6,8-9,11-12H2,1-2H3,(H,26,32)(H,28,33)(H,29,34)/t15-,17?,18?/m0/s1. The monoisotopic (exact) mass is 474 g/mol. The number of H-pyrrole nitrogens is 1. The van der Waals surface area contributed by atoms with Gasteiger partial charge in [0.05, 0.1) is 11.6 Å². The first-order valence-electron chi connectivity index (χ1n) is 11.5. The maximum Gasteiger partial charge on any atom is 0.268 e. The summed E-state index contributed by atoms with van der Waals surface area (Å²) in [5, 5.41) is 17.9. The van der Waals surface area contributed by atoms with E-state index in [1.807, 2.05) is 13.8 Å². The van der Waals surface area contributed by atoms with Gasteiger partial charge in [-0.15, -0.1) is 0 Å². The molecule has 2 aromatic rings. The number of ketones is 1. The Morgan fingerprint density at radius 1 is 1.21 bits per heavy atom. The van der Waals surface area contributed by atoms with Gasteiger partial charge in [-0.3, -0.25) is 19.2 Å². The summed E-state index contributed by atoms with van der Waals surface area (Å²) in [5.74, 6) is -2.88. The van der Waals surface area contributed by atoms with Crippen molar-refractivity contribution in [2.45, 2.75) is 51.6 Å². The summed E-state index contributed by atoms with van der Waals surface area (Å²) >= 11 is 0. The second-order valence-corrected chi connectivity index (χ2v) is 9.09. The molecule has 0 aliphatic carbocycles. The molecule has 3 amide bonds. The lowest BCUT2D eigenvalue weighted by Gasteiger charge is -2.27. The third-order valence-corrected chi connectivity index (χ3v) is 5.96. The van der Waals surface area contributed by atoms with Crippen LogP contribution in [0.4, 0.5) is 4.39 Å². The Labute approximate surface area is 196 Å². The number of carbonyl (C=O) groups is 4. The van der Waals surface area contributed by atoms with Crippen molar-refractivity contribution in [1.29, 1.82) is 0 Å². The van der Waals surface area contributed by atoms with Crippen molar-refractivity contribution in [3.8, 4) is 0 Å². The molecule has 0 saturated carbocycles. The van der Waals surface area contributed by atoms with Crippen LogP contribution in [0.1, 0.15) is 50.0 Å². The number of halogens is 1. The molecule has 9 nitrogen and oxygen atoms in total. The first-order valence-corrected chi connectivity index (χ1v) is 11.5. The zero-order valence-corrected chi connectivity index (χ0v) is 19.3. The Balaban J connectivity index is 1.74. The van der Waals surface area contributed by atoms with E-state index in [2.05, 4.69) is 20.9 Å². The zero-order chi connectivity index (χ0) is 24.8. The number of carbonyl (C=O) groups excluding carboxylic acids is 4. The average molecular weight is 475 g/mol. The number of aliphatic hydroxyl groups is 1. The molecular formula is C24H31FN4O5. The summed E-state index contributed by atoms with van der Waals surface area (Å²) < 4.78 is 14.0. The molecule has 5 N–H and O–H groups in total. The van der Waals surface area contributed by atoms with Crippen molar-refractivity contribution in [2.24, 2.45) is 11.8 Å². The largest absolute Gasteiger partial charge is 0.389 e. The number of aromatic amines is 1. The van der Waals surface area contributed by atoms with Gasteiger partial charge < -0.3 is 26.0 Å². The second-order valence-electron chi connectivity index (χ2n) is 9.09. The molecule has 0 bridgehead atoms. The number of Topliss-reactive ketones (excluding diaryl/α,β-unsaturated/α-hetero) is 1. The summed E-state index contributed by atoms with van der Waals surface area (Å²) in [5.41, 5.74) is 0.292. The topological polar surface area (TPSA) is 140 Å². The second kappa shape index (κ2) is 11.2. The number of hydrogen-bond acceptors (Lipinski definition) is 5. The van der Waals surface area contributed by atoms with Gasteiger partial charge in [0, 0.05) is 17.8 Å². The number of rotatable bonds is 10. The Morgan fingerprint density at radius 2 is 1.97 bits per heavy atom. The van der Waals surface area contributed by atoms with E-state index < -0.39 is 48.0 Å². The van der Waals surface area contributed by atoms with Crippen LogP contribution in [0, 0.1) is 17.7 Å². The van der Waals surface area contributed by atoms with Crippen LogP contribution in [0.25, 0.3) is 10.9 Å². The number of piperidine rings is 1. The molecule has 2 unspecified atom stereocenters. The lowest BCUT2D eigenvalue weighted by atomic mass is 9.90. The number of para-hydroxylation sites is 1. The predicted molar refractivity (Wildman–Crippen MR) is 123 cm³/mol. The SMILES string of the molecule is CC(C)CC(NC(=O)c1cc2cccc(F)c2[nH]1)C(=O)NC(C[C@@H]1CCCNC1=O)C(=O)CO. The maximum absolute atomic E-state index is 14.0. The van der Waals surface area contributed by atoms with Gasteiger partial charge in [-0.25, -0.2) is 4.39 Å². The number of nitrogens with one attached hydrogen (secondary N) is 4. The van der Waals surface area contributed by atoms with E-state index in [4.69, 9.17) is 0 Å². The minimum absolute atomic E-state index is 0.0346. The van der Waals surface area contributed by atoms with Crippen LogP contribution < -0.4 is 16.0 Å². The molecule has 1 fully saturated rings. The smallest absolute Gasteiger partial charge is 0.268 e. The minimum Gasteiger partial charge on any atom is -0.389 e. The molecule has 1 aliphatic rings. The lowest BCUT2D eigenvalue weighted by Crippen LogP contribution is -2.53. The zero-order valence-electron chi connectivity index (χ0n) is 19.3. The third kappa shape index (κ3) is 6.19. The van der Waals surface area contributed by atoms with Gasteiger partial charge in [-0.1, -0.05) is 26.0 Å². The van der Waals surface area contributed by atoms with E-state index in [0.29, 0.717) is 18.4 Å². The molecular weight excluding hydrogens is 443 g/mol. The molecule has 3 rings (SSSR count). The fourth-order valence-electron chi connectivity index (χ4n) is 4.18. The summed E-state index contributed by atoms with van der Waals surface area (Å²) in [4.78, 5) is 53.1. The summed E-state index contributed by atoms with van der Waals surface area (Å²) in [7, 11) is 0. The molecule has 184 valence electrons. The van der Waals surface area contributed by atoms with Crippen LogP contribution in [-0.2, 0) is 14.4 Å². The quantitative estimate of drug-likeness (QED) is 0.354. The molecule has 1 aromatic carbocycles. The number of fused-ring (bicyclic) bond motifs is 1. The molecule has 34 heavy (non-hydrogen) atoms. The van der Waals surface area contributed by atoms with Gasteiger partial charge in [-0.2, -0.15) is 0 Å². The first kappa shape index (κ1) is 25.4. The Bertz CT molecular complexity index is 1070. The van der Waals surface area contributed by atoms with Crippen molar-refractivity contribution in [1.82, 2.24) is 20.9 Å². The van der Waals surface area contributed by atoms with Crippen LogP contribution in [0.3, 0.4) is 0 Å². The van der Waals surface area contributed by atoms with E-state index in [1.165, 1.54) is 18.2 Å². The highest BCUT2D eigenvalue weighted by atomic mass is 19.1. The average Bonchev–Trinajstić information content (AvgIpc) is 3.24. The van der Waals surface area contributed by atoms with E-state index in [1.54, 1.807) is 6.07 Å². The van der Waals surface area contributed by atoms with Crippen LogP contribution in [0.15, 0.2) is 24.3 Å². The van der Waals surface area contributed by atoms with Crippen LogP contribution in [0.5, 0.6) is 0 Å². The Hall–Kier alpha value is -3.27. The summed E-state index contributed by atoms with van der Waals surface area (Å²) in [6, 6.07) is 3.94. The molecule has 0 radical (unpaired) electrons. The molecule has 1 saturated heterocycles. The third-order valence-electron chi connectivity index (χ3n) is 5.96. The fraction of sp³-hybridized carbons (Fsp3) is 0.500. The molecule has 1 aromatic heterocycles. The minimum atomic E-state index is -1.06. The van der Waals surface area contributed by atoms with Gasteiger partial charge >= 0.3 is 0 Å². The lowest BCUT2D eigenvalue weighted by molar-refractivity contribution is -0.132. The van der Waals surface area contributed by atoms with Gasteiger partial charge in [0.25, 0.3) is 5.91 Å². The van der Waals surface area contributed by atoms with E-state index >= 15 is 0 Å². The molecule has 3 atom stereocenters. The van der Waals surface area contributed by atoms with Gasteiger partial charge in [0.1, 0.15) is 24.2 Å². The van der Waals surface area contributed by atoms with Gasteiger partial charge in [-0.05, 0) is 43.7 Å².